The van der Waals surface area contributed by atoms with E-state index in [9.17, 15) is 4.79 Å². The van der Waals surface area contributed by atoms with Gasteiger partial charge in [-0.25, -0.2) is 4.68 Å². The topological polar surface area (TPSA) is 75.9 Å². The molecule has 0 bridgehead atoms. The smallest absolute Gasteiger partial charge is 0.251 e. The van der Waals surface area contributed by atoms with Crippen LogP contribution in [0.2, 0.25) is 0 Å². The number of nitrogens with zero attached hydrogens (tertiary/aromatic N) is 5. The Labute approximate surface area is 158 Å². The number of nitrogens with one attached hydrogen (secondary N) is 1. The molecule has 27 heavy (non-hydrogen) atoms. The Kier molecular flexibility index (Phi) is 5.20. The van der Waals surface area contributed by atoms with Crippen LogP contribution >= 0.6 is 0 Å². The van der Waals surface area contributed by atoms with Crippen LogP contribution in [0.3, 0.4) is 0 Å². The van der Waals surface area contributed by atoms with Crippen molar-refractivity contribution in [3.8, 4) is 5.69 Å². The summed E-state index contributed by atoms with van der Waals surface area (Å²) in [5, 5.41) is 14.1. The van der Waals surface area contributed by atoms with Gasteiger partial charge in [0.1, 0.15) is 6.33 Å². The average Bonchev–Trinajstić information content (AvgIpc) is 3.41. The molecule has 7 nitrogen and oxygen atoms in total. The van der Waals surface area contributed by atoms with Crippen LogP contribution in [0.4, 0.5) is 0 Å². The largest absolute Gasteiger partial charge is 0.351 e. The molecule has 0 unspecified atom stereocenters. The quantitative estimate of drug-likeness (QED) is 0.725. The van der Waals surface area contributed by atoms with E-state index in [-0.39, 0.29) is 5.91 Å². The maximum Gasteiger partial charge on any atom is 0.251 e. The lowest BCUT2D eigenvalue weighted by atomic mass is 9.99. The van der Waals surface area contributed by atoms with Crippen molar-refractivity contribution < 1.29 is 4.79 Å². The molecule has 2 aromatic carbocycles. The molecule has 0 saturated carbocycles. The third-order valence-electron chi connectivity index (χ3n) is 5.00. The fraction of sp³-hybridized carbons (Fsp3) is 0.300. The van der Waals surface area contributed by atoms with Gasteiger partial charge in [0.15, 0.2) is 0 Å². The fourth-order valence-corrected chi connectivity index (χ4v) is 3.51. The van der Waals surface area contributed by atoms with E-state index in [1.165, 1.54) is 18.3 Å². The molecular weight excluding hydrogens is 340 g/mol. The summed E-state index contributed by atoms with van der Waals surface area (Å²) in [6.07, 6.45) is 2.70. The van der Waals surface area contributed by atoms with Crippen LogP contribution in [0.1, 0.15) is 28.3 Å². The number of benzene rings is 2. The van der Waals surface area contributed by atoms with Crippen LogP contribution < -0.4 is 5.32 Å². The molecule has 1 N–H and O–H groups in total. The number of rotatable bonds is 6. The first-order chi connectivity index (χ1) is 13.3. The van der Waals surface area contributed by atoms with E-state index >= 15 is 0 Å². The Hall–Kier alpha value is -3.06. The maximum absolute atomic E-state index is 12.3. The van der Waals surface area contributed by atoms with Crippen molar-refractivity contribution in [1.82, 2.24) is 30.4 Å². The van der Waals surface area contributed by atoms with E-state index in [0.717, 1.165) is 25.3 Å². The molecule has 1 amide bonds. The molecule has 0 radical (unpaired) electrons. The SMILES string of the molecule is O=C(NCCN1CC[C@H](c2ccccc2)C1)c1ccc(-n2cnnn2)cc1. The Balaban J connectivity index is 1.24. The van der Waals surface area contributed by atoms with Crippen molar-refractivity contribution >= 4 is 5.91 Å². The van der Waals surface area contributed by atoms with E-state index in [0.29, 0.717) is 18.0 Å². The third-order valence-corrected chi connectivity index (χ3v) is 5.00. The van der Waals surface area contributed by atoms with Crippen molar-refractivity contribution in [2.75, 3.05) is 26.2 Å². The zero-order chi connectivity index (χ0) is 18.5. The highest BCUT2D eigenvalue weighted by Crippen LogP contribution is 2.26. The summed E-state index contributed by atoms with van der Waals surface area (Å²) in [6.45, 7) is 3.66. The van der Waals surface area contributed by atoms with Crippen LogP contribution in [0, 0.1) is 0 Å². The van der Waals surface area contributed by atoms with Gasteiger partial charge in [-0.05, 0) is 59.1 Å². The van der Waals surface area contributed by atoms with Crippen molar-refractivity contribution in [3.05, 3.63) is 72.1 Å². The van der Waals surface area contributed by atoms with Gasteiger partial charge in [-0.15, -0.1) is 5.10 Å². The molecule has 3 aromatic rings. The minimum absolute atomic E-state index is 0.0583. The first-order valence-corrected chi connectivity index (χ1v) is 9.18. The highest BCUT2D eigenvalue weighted by molar-refractivity contribution is 5.94. The van der Waals surface area contributed by atoms with Gasteiger partial charge in [0.2, 0.25) is 0 Å². The van der Waals surface area contributed by atoms with Crippen molar-refractivity contribution in [2.24, 2.45) is 0 Å². The molecule has 1 fully saturated rings. The van der Waals surface area contributed by atoms with Gasteiger partial charge in [0.05, 0.1) is 5.69 Å². The summed E-state index contributed by atoms with van der Waals surface area (Å²) in [4.78, 5) is 14.7. The Morgan fingerprint density at radius 2 is 1.93 bits per heavy atom. The molecule has 1 saturated heterocycles. The number of carbonyl (C=O) groups is 1. The highest BCUT2D eigenvalue weighted by atomic mass is 16.1. The molecule has 4 rings (SSSR count). The van der Waals surface area contributed by atoms with Crippen molar-refractivity contribution in [2.45, 2.75) is 12.3 Å². The molecule has 7 heteroatoms. The van der Waals surface area contributed by atoms with Gasteiger partial charge >= 0.3 is 0 Å². The number of hydrogen-bond donors (Lipinski definition) is 1. The second-order valence-corrected chi connectivity index (χ2v) is 6.75. The van der Waals surface area contributed by atoms with Gasteiger partial charge in [-0.3, -0.25) is 4.79 Å². The van der Waals surface area contributed by atoms with E-state index in [2.05, 4.69) is 56.1 Å². The lowest BCUT2D eigenvalue weighted by molar-refractivity contribution is 0.0949. The summed E-state index contributed by atoms with van der Waals surface area (Å²) in [7, 11) is 0. The molecule has 1 atom stereocenters. The maximum atomic E-state index is 12.3. The Morgan fingerprint density at radius 1 is 1.11 bits per heavy atom. The molecule has 0 aliphatic carbocycles. The minimum atomic E-state index is -0.0583. The van der Waals surface area contributed by atoms with Gasteiger partial charge < -0.3 is 10.2 Å². The molecule has 138 valence electrons. The molecule has 0 spiro atoms. The van der Waals surface area contributed by atoms with Gasteiger partial charge in [-0.2, -0.15) is 0 Å². The Bertz CT molecular complexity index is 863. The summed E-state index contributed by atoms with van der Waals surface area (Å²) >= 11 is 0. The first kappa shape index (κ1) is 17.4. The summed E-state index contributed by atoms with van der Waals surface area (Å²) in [5.41, 5.74) is 2.86. The molecule has 1 aliphatic rings. The van der Waals surface area contributed by atoms with E-state index in [4.69, 9.17) is 0 Å². The van der Waals surface area contributed by atoms with Crippen LogP contribution in [-0.2, 0) is 0 Å². The second-order valence-electron chi connectivity index (χ2n) is 6.75. The molecular formula is C20H22N6O. The zero-order valence-corrected chi connectivity index (χ0v) is 15.0. The number of likely N-dealkylation sites (tertiary alicyclic amines) is 1. The van der Waals surface area contributed by atoms with Crippen LogP contribution in [-0.4, -0.2) is 57.2 Å². The number of amides is 1. The highest BCUT2D eigenvalue weighted by Gasteiger charge is 2.23. The molecule has 1 aliphatic heterocycles. The van der Waals surface area contributed by atoms with Gasteiger partial charge in [0, 0.05) is 25.2 Å². The number of tetrazole rings is 1. The predicted molar refractivity (Wildman–Crippen MR) is 102 cm³/mol. The van der Waals surface area contributed by atoms with E-state index in [1.807, 2.05) is 12.1 Å². The average molecular weight is 362 g/mol. The van der Waals surface area contributed by atoms with Gasteiger partial charge in [0.25, 0.3) is 5.91 Å². The van der Waals surface area contributed by atoms with Crippen LogP contribution in [0.5, 0.6) is 0 Å². The summed E-state index contributed by atoms with van der Waals surface area (Å²) in [5.74, 6) is 0.540. The minimum Gasteiger partial charge on any atom is -0.351 e. The molecule has 2 heterocycles. The standard InChI is InChI=1S/C20H22N6O/c27-20(17-6-8-19(9-7-17)26-15-22-23-24-26)21-11-13-25-12-10-18(14-25)16-4-2-1-3-5-16/h1-9,15,18H,10-14H2,(H,21,27)/t18-/m0/s1. The van der Waals surface area contributed by atoms with Crippen LogP contribution in [0.25, 0.3) is 5.69 Å². The van der Waals surface area contributed by atoms with Crippen molar-refractivity contribution in [3.63, 3.8) is 0 Å². The lowest BCUT2D eigenvalue weighted by Gasteiger charge is -2.16. The van der Waals surface area contributed by atoms with E-state index < -0.39 is 0 Å². The summed E-state index contributed by atoms with van der Waals surface area (Å²) < 4.78 is 1.55. The third kappa shape index (κ3) is 4.20. The number of hydrogen-bond acceptors (Lipinski definition) is 5. The van der Waals surface area contributed by atoms with Crippen LogP contribution in [0.15, 0.2) is 60.9 Å². The molecule has 1 aromatic heterocycles. The second kappa shape index (κ2) is 8.09. The Morgan fingerprint density at radius 3 is 2.67 bits per heavy atom. The predicted octanol–water partition coefficient (Wildman–Crippen LogP) is 1.88. The lowest BCUT2D eigenvalue weighted by Crippen LogP contribution is -2.33. The summed E-state index contributed by atoms with van der Waals surface area (Å²) in [6, 6.07) is 17.9. The number of aromatic nitrogens is 4. The van der Waals surface area contributed by atoms with Gasteiger partial charge in [-0.1, -0.05) is 30.3 Å². The van der Waals surface area contributed by atoms with E-state index in [1.54, 1.807) is 16.8 Å². The first-order valence-electron chi connectivity index (χ1n) is 9.18. The number of carbonyl (C=O) groups excluding carboxylic acids is 1. The monoisotopic (exact) mass is 362 g/mol. The van der Waals surface area contributed by atoms with Crippen molar-refractivity contribution in [1.29, 1.82) is 0 Å². The zero-order valence-electron chi connectivity index (χ0n) is 15.0. The fourth-order valence-electron chi connectivity index (χ4n) is 3.51. The normalized spacial score (nSPS) is 17.1.